The summed E-state index contributed by atoms with van der Waals surface area (Å²) in [6, 6.07) is 6.30. The van der Waals surface area contributed by atoms with Gasteiger partial charge in [0.2, 0.25) is 17.7 Å². The average Bonchev–Trinajstić information content (AvgIpc) is 3.56. The molecule has 6 rings (SSSR count). The minimum atomic E-state index is -1.13. The van der Waals surface area contributed by atoms with E-state index in [1.54, 1.807) is 29.2 Å². The van der Waals surface area contributed by atoms with Gasteiger partial charge in [0.1, 0.15) is 11.6 Å². The van der Waals surface area contributed by atoms with Gasteiger partial charge >= 0.3 is 0 Å². The molecule has 3 aliphatic heterocycles. The molecule has 0 aromatic heterocycles. The van der Waals surface area contributed by atoms with Crippen LogP contribution in [0.15, 0.2) is 48.1 Å². The molecule has 5 aliphatic rings. The first-order chi connectivity index (χ1) is 18.5. The molecule has 1 saturated carbocycles. The van der Waals surface area contributed by atoms with Crippen LogP contribution in [0.2, 0.25) is 5.02 Å². The molecular formula is C30H36ClN3O4. The maximum absolute atomic E-state index is 14.1. The van der Waals surface area contributed by atoms with Gasteiger partial charge in [0.05, 0.1) is 17.9 Å². The van der Waals surface area contributed by atoms with Gasteiger partial charge in [-0.1, -0.05) is 60.7 Å². The molecule has 1 aromatic rings. The number of nitrogens with one attached hydrogen (secondary N) is 2. The molecule has 8 heteroatoms. The number of rotatable bonds is 7. The Balaban J connectivity index is 1.28. The molecule has 1 aromatic carbocycles. The standard InChI is InChI=1S/C30H36ClN3O4/c31-20-10-7-13-22(18-20)33-27(35)24-23-14-16-30(38-23)25(24)29(37)34(17-15-19-8-3-1-4-9-19)26(30)28(36)32-21-11-5-2-6-12-21/h7-8,10,13-14,16,18,21,23-26H,1-6,9,11-12,15,17H2,(H,32,36)(H,33,35)/t23-,24+,25-,26-,30-/m0/s1. The Labute approximate surface area is 229 Å². The molecular weight excluding hydrogens is 502 g/mol. The number of halogens is 1. The maximum Gasteiger partial charge on any atom is 0.246 e. The zero-order chi connectivity index (χ0) is 26.3. The number of hydrogen-bond donors (Lipinski definition) is 2. The Morgan fingerprint density at radius 1 is 1.11 bits per heavy atom. The van der Waals surface area contributed by atoms with Crippen LogP contribution >= 0.6 is 11.6 Å². The number of hydrogen-bond acceptors (Lipinski definition) is 4. The van der Waals surface area contributed by atoms with E-state index in [-0.39, 0.29) is 23.8 Å². The first-order valence-corrected chi connectivity index (χ1v) is 14.6. The van der Waals surface area contributed by atoms with Crippen LogP contribution in [0.5, 0.6) is 0 Å². The monoisotopic (exact) mass is 537 g/mol. The number of likely N-dealkylation sites (tertiary alicyclic amines) is 1. The van der Waals surface area contributed by atoms with Crippen molar-refractivity contribution in [1.82, 2.24) is 10.2 Å². The van der Waals surface area contributed by atoms with E-state index in [0.717, 1.165) is 51.4 Å². The number of carbonyl (C=O) groups excluding carboxylic acids is 3. The highest BCUT2D eigenvalue weighted by molar-refractivity contribution is 6.30. The molecule has 0 radical (unpaired) electrons. The van der Waals surface area contributed by atoms with Gasteiger partial charge in [-0.25, -0.2) is 0 Å². The number of carbonyl (C=O) groups is 3. The lowest BCUT2D eigenvalue weighted by Crippen LogP contribution is -2.56. The van der Waals surface area contributed by atoms with E-state index in [9.17, 15) is 14.4 Å². The molecule has 5 atom stereocenters. The number of amides is 3. The second-order valence-electron chi connectivity index (χ2n) is 11.4. The summed E-state index contributed by atoms with van der Waals surface area (Å²) in [6.07, 6.45) is 16.0. The summed E-state index contributed by atoms with van der Waals surface area (Å²) < 4.78 is 6.46. The molecule has 3 amide bonds. The predicted octanol–water partition coefficient (Wildman–Crippen LogP) is 4.77. The van der Waals surface area contributed by atoms with Gasteiger partial charge in [0.15, 0.2) is 0 Å². The van der Waals surface area contributed by atoms with Gasteiger partial charge in [-0.3, -0.25) is 14.4 Å². The molecule has 1 spiro atoms. The van der Waals surface area contributed by atoms with Crippen LogP contribution in [0.25, 0.3) is 0 Å². The van der Waals surface area contributed by atoms with E-state index in [2.05, 4.69) is 16.7 Å². The predicted molar refractivity (Wildman–Crippen MR) is 145 cm³/mol. The molecule has 38 heavy (non-hydrogen) atoms. The molecule has 0 unspecified atom stereocenters. The fraction of sp³-hybridized carbons (Fsp3) is 0.567. The third-order valence-corrected chi connectivity index (χ3v) is 9.26. The van der Waals surface area contributed by atoms with Gasteiger partial charge in [-0.2, -0.15) is 0 Å². The Morgan fingerprint density at radius 2 is 1.95 bits per heavy atom. The first-order valence-electron chi connectivity index (χ1n) is 14.2. The van der Waals surface area contributed by atoms with E-state index in [1.165, 1.54) is 18.4 Å². The van der Waals surface area contributed by atoms with Gasteiger partial charge in [-0.05, 0) is 63.1 Å². The Kier molecular flexibility index (Phi) is 7.08. The third kappa shape index (κ3) is 4.58. The summed E-state index contributed by atoms with van der Waals surface area (Å²) >= 11 is 6.12. The summed E-state index contributed by atoms with van der Waals surface area (Å²) in [7, 11) is 0. The number of allylic oxidation sites excluding steroid dienone is 1. The lowest BCUT2D eigenvalue weighted by Gasteiger charge is -2.34. The van der Waals surface area contributed by atoms with Gasteiger partial charge in [0.25, 0.3) is 0 Å². The molecule has 2 saturated heterocycles. The molecule has 7 nitrogen and oxygen atoms in total. The Morgan fingerprint density at radius 3 is 2.71 bits per heavy atom. The summed E-state index contributed by atoms with van der Waals surface area (Å²) in [5.74, 6) is -2.06. The quantitative estimate of drug-likeness (QED) is 0.490. The van der Waals surface area contributed by atoms with Crippen molar-refractivity contribution in [2.24, 2.45) is 11.8 Å². The Hall–Kier alpha value is -2.64. The lowest BCUT2D eigenvalue weighted by molar-refractivity contribution is -0.141. The van der Waals surface area contributed by atoms with Crippen molar-refractivity contribution in [2.45, 2.75) is 88.0 Å². The third-order valence-electron chi connectivity index (χ3n) is 9.03. The highest BCUT2D eigenvalue weighted by atomic mass is 35.5. The van der Waals surface area contributed by atoms with Gasteiger partial charge in [0, 0.05) is 23.3 Å². The van der Waals surface area contributed by atoms with Crippen molar-refractivity contribution < 1.29 is 19.1 Å². The van der Waals surface area contributed by atoms with Crippen molar-refractivity contribution in [3.05, 3.63) is 53.1 Å². The van der Waals surface area contributed by atoms with E-state index in [4.69, 9.17) is 16.3 Å². The normalized spacial score (nSPS) is 32.3. The van der Waals surface area contributed by atoms with Crippen molar-refractivity contribution in [3.63, 3.8) is 0 Å². The van der Waals surface area contributed by atoms with E-state index in [1.807, 2.05) is 12.2 Å². The molecule has 2 N–H and O–H groups in total. The molecule has 3 fully saturated rings. The van der Waals surface area contributed by atoms with Gasteiger partial charge in [-0.15, -0.1) is 0 Å². The van der Waals surface area contributed by atoms with Crippen molar-refractivity contribution >= 4 is 35.0 Å². The lowest BCUT2D eigenvalue weighted by atomic mass is 9.74. The van der Waals surface area contributed by atoms with E-state index >= 15 is 0 Å². The van der Waals surface area contributed by atoms with Crippen molar-refractivity contribution in [3.8, 4) is 0 Å². The zero-order valence-electron chi connectivity index (χ0n) is 21.7. The van der Waals surface area contributed by atoms with E-state index in [0.29, 0.717) is 17.3 Å². The van der Waals surface area contributed by atoms with Crippen LogP contribution in [0.1, 0.15) is 64.2 Å². The second-order valence-corrected chi connectivity index (χ2v) is 11.9. The maximum atomic E-state index is 14.1. The van der Waals surface area contributed by atoms with Crippen molar-refractivity contribution in [2.75, 3.05) is 11.9 Å². The smallest absolute Gasteiger partial charge is 0.246 e. The summed E-state index contributed by atoms with van der Waals surface area (Å²) in [5, 5.41) is 6.70. The van der Waals surface area contributed by atoms with Crippen molar-refractivity contribution in [1.29, 1.82) is 0 Å². The van der Waals surface area contributed by atoms with Gasteiger partial charge < -0.3 is 20.3 Å². The number of nitrogens with zero attached hydrogens (tertiary/aromatic N) is 1. The fourth-order valence-corrected chi connectivity index (χ4v) is 7.41. The second kappa shape index (κ2) is 10.5. The molecule has 2 aliphatic carbocycles. The van der Waals surface area contributed by atoms with Crippen LogP contribution in [0.4, 0.5) is 5.69 Å². The fourth-order valence-electron chi connectivity index (χ4n) is 7.22. The number of fused-ring (bicyclic) bond motifs is 1. The first kappa shape index (κ1) is 25.6. The largest absolute Gasteiger partial charge is 0.359 e. The number of benzene rings is 1. The van der Waals surface area contributed by atoms with Crippen LogP contribution in [-0.4, -0.2) is 53.0 Å². The minimum absolute atomic E-state index is 0.120. The Bertz CT molecular complexity index is 1180. The van der Waals surface area contributed by atoms with Crippen LogP contribution in [0, 0.1) is 11.8 Å². The van der Waals surface area contributed by atoms with Crippen LogP contribution in [-0.2, 0) is 19.1 Å². The highest BCUT2D eigenvalue weighted by Gasteiger charge is 2.72. The van der Waals surface area contributed by atoms with E-state index < -0.39 is 29.6 Å². The summed E-state index contributed by atoms with van der Waals surface area (Å²) in [4.78, 5) is 43.3. The summed E-state index contributed by atoms with van der Waals surface area (Å²) in [6.45, 7) is 0.455. The van der Waals surface area contributed by atoms with Crippen LogP contribution < -0.4 is 10.6 Å². The topological polar surface area (TPSA) is 87.7 Å². The number of anilines is 1. The average molecular weight is 538 g/mol. The summed E-state index contributed by atoms with van der Waals surface area (Å²) in [5.41, 5.74) is 0.792. The number of ether oxygens (including phenoxy) is 1. The molecule has 202 valence electrons. The zero-order valence-corrected chi connectivity index (χ0v) is 22.4. The SMILES string of the molecule is O=C(Nc1cccc(Cl)c1)[C@@H]1[C@@H]2C=C[C@]3(O2)[C@@H]1C(=O)N(CCC1=CCCCC1)[C@H]3C(=O)NC1CCCCC1. The molecule has 3 heterocycles. The highest BCUT2D eigenvalue weighted by Crippen LogP contribution is 2.55. The van der Waals surface area contributed by atoms with Crippen LogP contribution in [0.3, 0.4) is 0 Å². The molecule has 2 bridgehead atoms. The minimum Gasteiger partial charge on any atom is -0.359 e.